The molecule has 1 amide bonds. The fourth-order valence-electron chi connectivity index (χ4n) is 1.68. The van der Waals surface area contributed by atoms with Crippen LogP contribution >= 0.6 is 0 Å². The van der Waals surface area contributed by atoms with Crippen LogP contribution in [0, 0.1) is 0 Å². The van der Waals surface area contributed by atoms with E-state index in [2.05, 4.69) is 15.6 Å². The van der Waals surface area contributed by atoms with E-state index >= 15 is 0 Å². The summed E-state index contributed by atoms with van der Waals surface area (Å²) in [5, 5.41) is 5.69. The first kappa shape index (κ1) is 15.4. The molecule has 7 heteroatoms. The number of pyridine rings is 1. The molecule has 2 N–H and O–H groups in total. The molecule has 6 nitrogen and oxygen atoms in total. The Kier molecular flexibility index (Phi) is 5.29. The number of rotatable bonds is 6. The summed E-state index contributed by atoms with van der Waals surface area (Å²) < 4.78 is 22.4. The number of hydrogen-bond donors (Lipinski definition) is 2. The van der Waals surface area contributed by atoms with Crippen molar-refractivity contribution in [2.45, 2.75) is 19.9 Å². The maximum atomic E-state index is 11.6. The lowest BCUT2D eigenvalue weighted by Crippen LogP contribution is -2.26. The Balaban J connectivity index is 2.74. The fourth-order valence-corrected chi connectivity index (χ4v) is 2.67. The van der Waals surface area contributed by atoms with Gasteiger partial charge in [0, 0.05) is 30.7 Å². The summed E-state index contributed by atoms with van der Waals surface area (Å²) in [5.41, 5.74) is 0.978. The molecule has 1 rings (SSSR count). The minimum atomic E-state index is -3.04. The van der Waals surface area contributed by atoms with Crippen LogP contribution in [0.15, 0.2) is 18.3 Å². The summed E-state index contributed by atoms with van der Waals surface area (Å²) in [6, 6.07) is 3.06. The van der Waals surface area contributed by atoms with Gasteiger partial charge in [-0.25, -0.2) is 8.42 Å². The molecule has 0 saturated heterocycles. The molecule has 1 aromatic rings. The average Bonchev–Trinajstić information content (AvgIpc) is 2.27. The normalized spacial score (nSPS) is 12.8. The third-order valence-electron chi connectivity index (χ3n) is 2.30. The number of nitrogens with one attached hydrogen (secondary N) is 2. The number of carbonyl (C=O) groups excluding carboxylic acids is 1. The number of amides is 1. The van der Waals surface area contributed by atoms with Gasteiger partial charge < -0.3 is 10.6 Å². The van der Waals surface area contributed by atoms with Crippen molar-refractivity contribution in [3.8, 4) is 0 Å². The predicted octanol–water partition coefficient (Wildman–Crippen LogP) is 0.676. The Morgan fingerprint density at radius 1 is 1.47 bits per heavy atom. The number of carbonyl (C=O) groups is 1. The SMILES string of the molecule is CCNC(=O)c1cc(NC(C)CS(C)(=O)=O)ccn1. The van der Waals surface area contributed by atoms with Gasteiger partial charge in [0.2, 0.25) is 0 Å². The van der Waals surface area contributed by atoms with Crippen LogP contribution in [0.5, 0.6) is 0 Å². The molecule has 0 aliphatic rings. The number of aromatic nitrogens is 1. The van der Waals surface area contributed by atoms with Gasteiger partial charge >= 0.3 is 0 Å². The van der Waals surface area contributed by atoms with Gasteiger partial charge in [-0.1, -0.05) is 0 Å². The Hall–Kier alpha value is -1.63. The zero-order chi connectivity index (χ0) is 14.5. The number of anilines is 1. The van der Waals surface area contributed by atoms with E-state index < -0.39 is 9.84 Å². The lowest BCUT2D eigenvalue weighted by atomic mass is 10.2. The fraction of sp³-hybridized carbons (Fsp3) is 0.500. The van der Waals surface area contributed by atoms with E-state index in [9.17, 15) is 13.2 Å². The molecule has 0 radical (unpaired) electrons. The third-order valence-corrected chi connectivity index (χ3v) is 3.40. The largest absolute Gasteiger partial charge is 0.381 e. The Bertz CT molecular complexity index is 543. The van der Waals surface area contributed by atoms with Gasteiger partial charge in [-0.05, 0) is 26.0 Å². The van der Waals surface area contributed by atoms with E-state index in [1.54, 1.807) is 19.1 Å². The van der Waals surface area contributed by atoms with Crippen molar-refractivity contribution in [3.63, 3.8) is 0 Å². The molecule has 0 saturated carbocycles. The van der Waals surface area contributed by atoms with Crippen molar-refractivity contribution in [3.05, 3.63) is 24.0 Å². The third kappa shape index (κ3) is 5.69. The van der Waals surface area contributed by atoms with E-state index in [-0.39, 0.29) is 17.7 Å². The summed E-state index contributed by atoms with van der Waals surface area (Å²) in [7, 11) is -3.04. The van der Waals surface area contributed by atoms with Crippen molar-refractivity contribution in [2.75, 3.05) is 23.9 Å². The van der Waals surface area contributed by atoms with Crippen LogP contribution in [0.4, 0.5) is 5.69 Å². The highest BCUT2D eigenvalue weighted by molar-refractivity contribution is 7.90. The van der Waals surface area contributed by atoms with Crippen molar-refractivity contribution in [1.82, 2.24) is 10.3 Å². The molecule has 106 valence electrons. The second-order valence-electron chi connectivity index (χ2n) is 4.43. The van der Waals surface area contributed by atoms with Gasteiger partial charge in [0.05, 0.1) is 5.75 Å². The van der Waals surface area contributed by atoms with Crippen LogP contribution in [0.1, 0.15) is 24.3 Å². The standard InChI is InChI=1S/C12H19N3O3S/c1-4-13-12(16)11-7-10(5-6-14-11)15-9(2)8-19(3,17)18/h5-7,9H,4,8H2,1-3H3,(H,13,16)(H,14,15). The Labute approximate surface area is 113 Å². The van der Waals surface area contributed by atoms with Crippen LogP contribution in [0.2, 0.25) is 0 Å². The van der Waals surface area contributed by atoms with Gasteiger partial charge in [-0.2, -0.15) is 0 Å². The van der Waals surface area contributed by atoms with E-state index in [0.717, 1.165) is 0 Å². The molecule has 0 aliphatic carbocycles. The maximum Gasteiger partial charge on any atom is 0.269 e. The smallest absolute Gasteiger partial charge is 0.269 e. The highest BCUT2D eigenvalue weighted by Gasteiger charge is 2.12. The van der Waals surface area contributed by atoms with Gasteiger partial charge in [-0.3, -0.25) is 9.78 Å². The van der Waals surface area contributed by atoms with Crippen LogP contribution in [-0.4, -0.2) is 43.9 Å². The van der Waals surface area contributed by atoms with Crippen molar-refractivity contribution in [1.29, 1.82) is 0 Å². The van der Waals surface area contributed by atoms with E-state index in [0.29, 0.717) is 17.9 Å². The monoisotopic (exact) mass is 285 g/mol. The zero-order valence-corrected chi connectivity index (χ0v) is 12.1. The van der Waals surface area contributed by atoms with Crippen LogP contribution < -0.4 is 10.6 Å². The lowest BCUT2D eigenvalue weighted by Gasteiger charge is -2.14. The topological polar surface area (TPSA) is 88.2 Å². The van der Waals surface area contributed by atoms with E-state index in [1.807, 2.05) is 6.92 Å². The van der Waals surface area contributed by atoms with Crippen molar-refractivity contribution < 1.29 is 13.2 Å². The molecule has 1 aromatic heterocycles. The molecule has 0 spiro atoms. The number of hydrogen-bond acceptors (Lipinski definition) is 5. The molecule has 0 fully saturated rings. The Morgan fingerprint density at radius 3 is 2.74 bits per heavy atom. The number of nitrogens with zero attached hydrogens (tertiary/aromatic N) is 1. The molecular formula is C12H19N3O3S. The van der Waals surface area contributed by atoms with Gasteiger partial charge in [0.25, 0.3) is 5.91 Å². The first-order valence-corrected chi connectivity index (χ1v) is 8.06. The first-order chi connectivity index (χ1) is 8.81. The molecule has 0 aromatic carbocycles. The second-order valence-corrected chi connectivity index (χ2v) is 6.61. The van der Waals surface area contributed by atoms with Crippen molar-refractivity contribution >= 4 is 21.4 Å². The molecule has 0 aliphatic heterocycles. The zero-order valence-electron chi connectivity index (χ0n) is 11.3. The predicted molar refractivity (Wildman–Crippen MR) is 75.0 cm³/mol. The first-order valence-electron chi connectivity index (χ1n) is 6.00. The molecule has 1 heterocycles. The summed E-state index contributed by atoms with van der Waals surface area (Å²) in [5.74, 6) is -0.215. The lowest BCUT2D eigenvalue weighted by molar-refractivity contribution is 0.0951. The molecule has 1 atom stereocenters. The van der Waals surface area contributed by atoms with E-state index in [4.69, 9.17) is 0 Å². The van der Waals surface area contributed by atoms with Gasteiger partial charge in [0.15, 0.2) is 0 Å². The van der Waals surface area contributed by atoms with Gasteiger partial charge in [-0.15, -0.1) is 0 Å². The highest BCUT2D eigenvalue weighted by atomic mass is 32.2. The Morgan fingerprint density at radius 2 is 2.16 bits per heavy atom. The van der Waals surface area contributed by atoms with Crippen LogP contribution in [0.25, 0.3) is 0 Å². The quantitative estimate of drug-likeness (QED) is 0.802. The summed E-state index contributed by atoms with van der Waals surface area (Å²) in [4.78, 5) is 15.6. The average molecular weight is 285 g/mol. The van der Waals surface area contributed by atoms with Crippen LogP contribution in [-0.2, 0) is 9.84 Å². The highest BCUT2D eigenvalue weighted by Crippen LogP contribution is 2.10. The molecule has 0 bridgehead atoms. The maximum absolute atomic E-state index is 11.6. The van der Waals surface area contributed by atoms with E-state index in [1.165, 1.54) is 12.5 Å². The summed E-state index contributed by atoms with van der Waals surface area (Å²) >= 11 is 0. The minimum Gasteiger partial charge on any atom is -0.381 e. The van der Waals surface area contributed by atoms with Crippen molar-refractivity contribution in [2.24, 2.45) is 0 Å². The van der Waals surface area contributed by atoms with Crippen LogP contribution in [0.3, 0.4) is 0 Å². The molecule has 19 heavy (non-hydrogen) atoms. The second kappa shape index (κ2) is 6.51. The summed E-state index contributed by atoms with van der Waals surface area (Å²) in [6.07, 6.45) is 2.71. The molecular weight excluding hydrogens is 266 g/mol. The molecule has 1 unspecified atom stereocenters. The summed E-state index contributed by atoms with van der Waals surface area (Å²) in [6.45, 7) is 4.13. The minimum absolute atomic E-state index is 0.0335. The number of sulfone groups is 1. The van der Waals surface area contributed by atoms with Gasteiger partial charge in [0.1, 0.15) is 15.5 Å².